The van der Waals surface area contributed by atoms with E-state index in [1.807, 2.05) is 61.7 Å². The van der Waals surface area contributed by atoms with E-state index in [4.69, 9.17) is 5.26 Å². The number of thiophene rings is 1. The van der Waals surface area contributed by atoms with Crippen LogP contribution in [0.1, 0.15) is 22.5 Å². The van der Waals surface area contributed by atoms with Gasteiger partial charge in [0.05, 0.1) is 23.6 Å². The minimum absolute atomic E-state index is 0.0447. The molecule has 0 spiro atoms. The first-order chi connectivity index (χ1) is 13.1. The third kappa shape index (κ3) is 3.16. The van der Waals surface area contributed by atoms with E-state index in [1.165, 1.54) is 16.9 Å². The Bertz CT molecular complexity index is 1240. The molecule has 4 nitrogen and oxygen atoms in total. The molecular weight excluding hydrogens is 354 g/mol. The first kappa shape index (κ1) is 17.2. The van der Waals surface area contributed by atoms with Crippen LogP contribution in [0.5, 0.6) is 0 Å². The number of fused-ring (bicyclic) bond motifs is 1. The Kier molecular flexibility index (Phi) is 4.35. The lowest BCUT2D eigenvalue weighted by molar-refractivity contribution is 0.714. The smallest absolute Gasteiger partial charge is 0.263 e. The summed E-state index contributed by atoms with van der Waals surface area (Å²) in [5.41, 5.74) is 4.58. The van der Waals surface area contributed by atoms with Crippen LogP contribution in [0.25, 0.3) is 21.3 Å². The van der Waals surface area contributed by atoms with Gasteiger partial charge in [0.15, 0.2) is 0 Å². The third-order valence-corrected chi connectivity index (χ3v) is 5.52. The number of hydrogen-bond acceptors (Lipinski definition) is 4. The van der Waals surface area contributed by atoms with Gasteiger partial charge < -0.3 is 0 Å². The maximum Gasteiger partial charge on any atom is 0.263 e. The van der Waals surface area contributed by atoms with Crippen molar-refractivity contribution in [3.05, 3.63) is 86.8 Å². The van der Waals surface area contributed by atoms with Crippen molar-refractivity contribution in [2.45, 2.75) is 20.4 Å². The molecule has 0 N–H and O–H groups in total. The molecule has 2 aromatic heterocycles. The summed E-state index contributed by atoms with van der Waals surface area (Å²) < 4.78 is 1.68. The molecule has 2 aromatic carbocycles. The minimum Gasteiger partial charge on any atom is -0.292 e. The topological polar surface area (TPSA) is 58.7 Å². The van der Waals surface area contributed by atoms with Crippen molar-refractivity contribution >= 4 is 21.6 Å². The number of nitriles is 1. The van der Waals surface area contributed by atoms with Gasteiger partial charge in [-0.1, -0.05) is 42.0 Å². The van der Waals surface area contributed by atoms with Crippen LogP contribution in [-0.2, 0) is 6.54 Å². The van der Waals surface area contributed by atoms with Crippen LogP contribution in [0.3, 0.4) is 0 Å². The van der Waals surface area contributed by atoms with Crippen LogP contribution in [0.4, 0.5) is 0 Å². The Morgan fingerprint density at radius 2 is 1.93 bits per heavy atom. The fraction of sp³-hybridized carbons (Fsp3) is 0.136. The van der Waals surface area contributed by atoms with E-state index in [2.05, 4.69) is 11.1 Å². The summed E-state index contributed by atoms with van der Waals surface area (Å²) in [6.07, 6.45) is 0. The van der Waals surface area contributed by atoms with Crippen LogP contribution in [0, 0.1) is 25.2 Å². The Morgan fingerprint density at radius 3 is 2.67 bits per heavy atom. The molecule has 0 saturated carbocycles. The minimum atomic E-state index is -0.0447. The fourth-order valence-corrected chi connectivity index (χ4v) is 4.16. The van der Waals surface area contributed by atoms with E-state index in [9.17, 15) is 4.79 Å². The summed E-state index contributed by atoms with van der Waals surface area (Å²) in [6, 6.07) is 17.6. The van der Waals surface area contributed by atoms with Crippen LogP contribution in [0.2, 0.25) is 0 Å². The average molecular weight is 371 g/mol. The number of rotatable bonds is 3. The first-order valence-corrected chi connectivity index (χ1v) is 9.49. The zero-order valence-corrected chi connectivity index (χ0v) is 15.9. The Morgan fingerprint density at radius 1 is 1.15 bits per heavy atom. The van der Waals surface area contributed by atoms with E-state index < -0.39 is 0 Å². The molecule has 0 fully saturated rings. The van der Waals surface area contributed by atoms with Gasteiger partial charge in [0.25, 0.3) is 5.56 Å². The van der Waals surface area contributed by atoms with Crippen molar-refractivity contribution in [2.75, 3.05) is 0 Å². The maximum absolute atomic E-state index is 13.3. The molecule has 0 aliphatic rings. The molecule has 4 rings (SSSR count). The van der Waals surface area contributed by atoms with Gasteiger partial charge in [0.1, 0.15) is 10.7 Å². The molecule has 0 aliphatic carbocycles. The molecule has 0 unspecified atom stereocenters. The lowest BCUT2D eigenvalue weighted by Gasteiger charge is -2.10. The molecule has 0 aliphatic heterocycles. The van der Waals surface area contributed by atoms with Crippen LogP contribution >= 0.6 is 11.3 Å². The van der Waals surface area contributed by atoms with Crippen molar-refractivity contribution in [2.24, 2.45) is 0 Å². The van der Waals surface area contributed by atoms with Gasteiger partial charge in [0.2, 0.25) is 0 Å². The summed E-state index contributed by atoms with van der Waals surface area (Å²) in [5.74, 6) is 0.673. The van der Waals surface area contributed by atoms with E-state index in [1.54, 1.807) is 10.6 Å². The lowest BCUT2D eigenvalue weighted by atomic mass is 10.0. The molecule has 5 heteroatoms. The first-order valence-electron chi connectivity index (χ1n) is 8.61. The highest BCUT2D eigenvalue weighted by atomic mass is 32.1. The molecule has 2 heterocycles. The molecule has 132 valence electrons. The molecule has 0 atom stereocenters. The Hall–Kier alpha value is -3.23. The van der Waals surface area contributed by atoms with Crippen LogP contribution < -0.4 is 5.56 Å². The molecule has 0 bridgehead atoms. The van der Waals surface area contributed by atoms with E-state index in [0.29, 0.717) is 23.3 Å². The summed E-state index contributed by atoms with van der Waals surface area (Å²) in [5, 5.41) is 11.8. The standard InChI is InChI=1S/C22H17N3OS/c1-14-6-8-18(9-7-14)19-13-27-21-20(19)22(26)25(15(2)24-21)12-17-5-3-4-16(10-17)11-23/h3-10,13H,12H2,1-2H3. The van der Waals surface area contributed by atoms with Crippen molar-refractivity contribution in [3.63, 3.8) is 0 Å². The Balaban J connectivity index is 1.87. The van der Waals surface area contributed by atoms with Gasteiger partial charge in [-0.15, -0.1) is 11.3 Å². The van der Waals surface area contributed by atoms with Gasteiger partial charge in [-0.25, -0.2) is 4.98 Å². The molecule has 0 radical (unpaired) electrons. The second-order valence-corrected chi connectivity index (χ2v) is 7.42. The van der Waals surface area contributed by atoms with Crippen molar-refractivity contribution in [1.29, 1.82) is 5.26 Å². The fourth-order valence-electron chi connectivity index (χ4n) is 3.18. The van der Waals surface area contributed by atoms with Gasteiger partial charge in [-0.3, -0.25) is 9.36 Å². The molecule has 0 saturated heterocycles. The largest absolute Gasteiger partial charge is 0.292 e. The predicted molar refractivity (Wildman–Crippen MR) is 109 cm³/mol. The molecule has 27 heavy (non-hydrogen) atoms. The normalized spacial score (nSPS) is 10.9. The van der Waals surface area contributed by atoms with Crippen molar-refractivity contribution in [1.82, 2.24) is 9.55 Å². The van der Waals surface area contributed by atoms with Gasteiger partial charge in [0, 0.05) is 10.9 Å². The maximum atomic E-state index is 13.3. The quantitative estimate of drug-likeness (QED) is 0.526. The number of aryl methyl sites for hydroxylation is 2. The molecular formula is C22H17N3OS. The summed E-state index contributed by atoms with van der Waals surface area (Å²) in [6.45, 7) is 4.29. The predicted octanol–water partition coefficient (Wildman–Crippen LogP) is 4.66. The van der Waals surface area contributed by atoms with E-state index >= 15 is 0 Å². The lowest BCUT2D eigenvalue weighted by Crippen LogP contribution is -2.24. The van der Waals surface area contributed by atoms with Gasteiger partial charge in [-0.2, -0.15) is 5.26 Å². The zero-order chi connectivity index (χ0) is 19.0. The SMILES string of the molecule is Cc1ccc(-c2csc3nc(C)n(Cc4cccc(C#N)c4)c(=O)c23)cc1. The number of aromatic nitrogens is 2. The van der Waals surface area contributed by atoms with Crippen LogP contribution in [-0.4, -0.2) is 9.55 Å². The average Bonchev–Trinajstić information content (AvgIpc) is 3.09. The second kappa shape index (κ2) is 6.82. The summed E-state index contributed by atoms with van der Waals surface area (Å²) in [7, 11) is 0. The Labute approximate surface area is 161 Å². The number of nitrogens with zero attached hydrogens (tertiary/aromatic N) is 3. The van der Waals surface area contributed by atoms with E-state index in [0.717, 1.165) is 21.5 Å². The van der Waals surface area contributed by atoms with Gasteiger partial charge >= 0.3 is 0 Å². The second-order valence-electron chi connectivity index (χ2n) is 6.56. The third-order valence-electron chi connectivity index (χ3n) is 4.64. The molecule has 4 aromatic rings. The van der Waals surface area contributed by atoms with Gasteiger partial charge in [-0.05, 0) is 37.1 Å². The number of hydrogen-bond donors (Lipinski definition) is 0. The highest BCUT2D eigenvalue weighted by Crippen LogP contribution is 2.31. The number of benzene rings is 2. The summed E-state index contributed by atoms with van der Waals surface area (Å²) in [4.78, 5) is 18.7. The zero-order valence-electron chi connectivity index (χ0n) is 15.1. The van der Waals surface area contributed by atoms with Crippen LogP contribution in [0.15, 0.2) is 58.7 Å². The highest BCUT2D eigenvalue weighted by molar-refractivity contribution is 7.17. The summed E-state index contributed by atoms with van der Waals surface area (Å²) >= 11 is 1.49. The highest BCUT2D eigenvalue weighted by Gasteiger charge is 2.15. The van der Waals surface area contributed by atoms with Crippen molar-refractivity contribution < 1.29 is 0 Å². The molecule has 0 amide bonds. The monoisotopic (exact) mass is 371 g/mol. The van der Waals surface area contributed by atoms with Crippen molar-refractivity contribution in [3.8, 4) is 17.2 Å². The van der Waals surface area contributed by atoms with E-state index in [-0.39, 0.29) is 5.56 Å².